The second-order valence-electron chi connectivity index (χ2n) is 14.1. The summed E-state index contributed by atoms with van der Waals surface area (Å²) >= 11 is 0. The van der Waals surface area contributed by atoms with Gasteiger partial charge >= 0.3 is 16.2 Å². The van der Waals surface area contributed by atoms with Crippen LogP contribution in [0.4, 0.5) is 4.79 Å². The predicted octanol–water partition coefficient (Wildman–Crippen LogP) is 4.07. The lowest BCUT2D eigenvalue weighted by Crippen LogP contribution is -2.48. The first-order chi connectivity index (χ1) is 22.7. The number of rotatable bonds is 6. The molecule has 3 heterocycles. The number of fused-ring (bicyclic) bond motifs is 7. The van der Waals surface area contributed by atoms with Gasteiger partial charge in [-0.2, -0.15) is 12.7 Å². The van der Waals surface area contributed by atoms with Gasteiger partial charge < -0.3 is 24.0 Å². The third-order valence-electron chi connectivity index (χ3n) is 10.4. The van der Waals surface area contributed by atoms with Gasteiger partial charge in [-0.25, -0.2) is 9.52 Å². The predicted molar refractivity (Wildman–Crippen MR) is 184 cm³/mol. The normalized spacial score (nSPS) is 20.9. The van der Waals surface area contributed by atoms with Crippen LogP contribution in [0.3, 0.4) is 0 Å². The molecule has 1 saturated heterocycles. The van der Waals surface area contributed by atoms with E-state index in [1.165, 1.54) is 31.0 Å². The van der Waals surface area contributed by atoms with Crippen molar-refractivity contribution in [2.75, 3.05) is 62.5 Å². The van der Waals surface area contributed by atoms with Gasteiger partial charge in [-0.05, 0) is 60.2 Å². The number of methoxy groups -OCH3 is 1. The molecule has 1 N–H and O–H groups in total. The van der Waals surface area contributed by atoms with Gasteiger partial charge in [-0.1, -0.05) is 25.3 Å². The Hall–Kier alpha value is -4.10. The summed E-state index contributed by atoms with van der Waals surface area (Å²) in [5.74, 6) is -0.226. The quantitative estimate of drug-likeness (QED) is 0.420. The van der Waals surface area contributed by atoms with Crippen molar-refractivity contribution in [2.24, 2.45) is 5.41 Å². The van der Waals surface area contributed by atoms with E-state index in [9.17, 15) is 22.8 Å². The van der Waals surface area contributed by atoms with E-state index in [4.69, 9.17) is 4.74 Å². The number of amides is 4. The molecule has 6 rings (SSSR count). The van der Waals surface area contributed by atoms with E-state index in [1.807, 2.05) is 18.2 Å². The molecule has 13 heteroatoms. The first-order valence-corrected chi connectivity index (χ1v) is 17.9. The number of nitrogens with zero attached hydrogens (tertiary/aromatic N) is 5. The van der Waals surface area contributed by atoms with E-state index in [0.29, 0.717) is 12.3 Å². The Bertz CT molecular complexity index is 1890. The second-order valence-corrected chi connectivity index (χ2v) is 15.9. The minimum atomic E-state index is -4.02. The Morgan fingerprint density at radius 1 is 0.917 bits per heavy atom. The van der Waals surface area contributed by atoms with Crippen molar-refractivity contribution in [2.45, 2.75) is 50.5 Å². The number of ether oxygens (including phenoxy) is 1. The molecule has 3 aromatic rings. The van der Waals surface area contributed by atoms with Crippen molar-refractivity contribution in [1.29, 1.82) is 0 Å². The van der Waals surface area contributed by atoms with Gasteiger partial charge in [-0.15, -0.1) is 0 Å². The molecular formula is C35H46N6O6S. The zero-order chi connectivity index (χ0) is 34.7. The monoisotopic (exact) mass is 678 g/mol. The van der Waals surface area contributed by atoms with Crippen LogP contribution in [0.5, 0.6) is 5.75 Å². The number of aromatic nitrogens is 1. The van der Waals surface area contributed by atoms with Crippen molar-refractivity contribution >= 4 is 39.0 Å². The summed E-state index contributed by atoms with van der Waals surface area (Å²) in [6, 6.07) is 11.2. The number of hydrogen-bond donors (Lipinski definition) is 1. The van der Waals surface area contributed by atoms with Crippen LogP contribution in [0.25, 0.3) is 22.2 Å². The smallest absolute Gasteiger partial charge is 0.319 e. The molecule has 1 saturated carbocycles. The zero-order valence-corrected chi connectivity index (χ0v) is 29.7. The Balaban J connectivity index is 1.66. The highest BCUT2D eigenvalue weighted by atomic mass is 32.2. The van der Waals surface area contributed by atoms with Crippen molar-refractivity contribution < 1.29 is 27.5 Å². The first-order valence-electron chi connectivity index (χ1n) is 16.5. The van der Waals surface area contributed by atoms with Gasteiger partial charge in [0.25, 0.3) is 5.91 Å². The molecule has 4 amide bonds. The highest BCUT2D eigenvalue weighted by molar-refractivity contribution is 7.87. The number of carbonyl (C=O) groups is 3. The van der Waals surface area contributed by atoms with Crippen LogP contribution in [0.1, 0.15) is 65.4 Å². The van der Waals surface area contributed by atoms with Crippen LogP contribution in [0, 0.1) is 5.41 Å². The van der Waals surface area contributed by atoms with Gasteiger partial charge in [0, 0.05) is 89.9 Å². The molecule has 2 aromatic carbocycles. The van der Waals surface area contributed by atoms with Gasteiger partial charge in [-0.3, -0.25) is 9.59 Å². The summed E-state index contributed by atoms with van der Waals surface area (Å²) in [5, 5.41) is 0.982. The van der Waals surface area contributed by atoms with Crippen LogP contribution in [-0.4, -0.2) is 112 Å². The fourth-order valence-corrected chi connectivity index (χ4v) is 8.66. The first kappa shape index (κ1) is 33.8. The molecule has 48 heavy (non-hydrogen) atoms. The van der Waals surface area contributed by atoms with Crippen LogP contribution < -0.4 is 9.46 Å². The van der Waals surface area contributed by atoms with E-state index in [0.717, 1.165) is 57.7 Å². The molecule has 0 spiro atoms. The van der Waals surface area contributed by atoms with E-state index >= 15 is 0 Å². The summed E-state index contributed by atoms with van der Waals surface area (Å²) in [6.45, 7) is 0.832. The van der Waals surface area contributed by atoms with Crippen LogP contribution >= 0.6 is 0 Å². The maximum atomic E-state index is 14.6. The highest BCUT2D eigenvalue weighted by Gasteiger charge is 2.57. The molecule has 1 aliphatic carbocycles. The molecule has 258 valence electrons. The van der Waals surface area contributed by atoms with E-state index in [1.54, 1.807) is 57.2 Å². The number of urea groups is 1. The van der Waals surface area contributed by atoms with Gasteiger partial charge in [0.15, 0.2) is 0 Å². The van der Waals surface area contributed by atoms with Crippen molar-refractivity contribution in [1.82, 2.24) is 28.3 Å². The molecule has 0 bridgehead atoms. The topological polar surface area (TPSA) is 124 Å². The Morgan fingerprint density at radius 3 is 2.25 bits per heavy atom. The number of likely N-dealkylation sites (tertiary alicyclic amines) is 1. The SMILES string of the molecule is COc1ccc2c(c1)[C@H]1CN(C(=O)N(C)C)C[C@]1(C(=O)N(C)C)Cn1c-2c(C2CCCCC2)c2ccc(C(=O)NS(=O)(=O)N(C)C)cc21. The molecule has 1 aromatic heterocycles. The fourth-order valence-electron chi connectivity index (χ4n) is 8.12. The molecule has 0 unspecified atom stereocenters. The van der Waals surface area contributed by atoms with Crippen molar-refractivity contribution in [3.63, 3.8) is 0 Å². The summed E-state index contributed by atoms with van der Waals surface area (Å²) in [5.41, 5.74) is 4.05. The lowest BCUT2D eigenvalue weighted by Gasteiger charge is -2.35. The molecule has 2 aliphatic heterocycles. The standard InChI is InChI=1S/C35H46N6O6S/c1-37(2)33(43)35-20-40(34(44)38(3)4)19-28(35)27-18-24(47-7)14-16-25(27)31-30(22-11-9-8-10-12-22)26-15-13-23(17-29(26)41(31)21-35)32(42)36-48(45,46)39(5)6/h13-18,22,28H,8-12,19-21H2,1-7H3,(H,36,42)/t28-,35+/m1/s1. The molecule has 2 fully saturated rings. The summed E-state index contributed by atoms with van der Waals surface area (Å²) in [6.07, 6.45) is 5.46. The summed E-state index contributed by atoms with van der Waals surface area (Å²) in [7, 11) is 7.25. The average Bonchev–Trinajstić information content (AvgIpc) is 3.56. The highest BCUT2D eigenvalue weighted by Crippen LogP contribution is 2.55. The van der Waals surface area contributed by atoms with Crippen LogP contribution in [0.15, 0.2) is 36.4 Å². The second kappa shape index (κ2) is 12.4. The molecule has 2 atom stereocenters. The van der Waals surface area contributed by atoms with Gasteiger partial charge in [0.1, 0.15) is 5.75 Å². The molecule has 12 nitrogen and oxygen atoms in total. The van der Waals surface area contributed by atoms with Crippen LogP contribution in [-0.2, 0) is 21.5 Å². The number of nitrogens with one attached hydrogen (secondary N) is 1. The molecule has 3 aliphatic rings. The van der Waals surface area contributed by atoms with Gasteiger partial charge in [0.2, 0.25) is 5.91 Å². The zero-order valence-electron chi connectivity index (χ0n) is 28.9. The molecular weight excluding hydrogens is 632 g/mol. The maximum Gasteiger partial charge on any atom is 0.319 e. The van der Waals surface area contributed by atoms with Gasteiger partial charge in [0.05, 0.1) is 18.2 Å². The molecule has 0 radical (unpaired) electrons. The van der Waals surface area contributed by atoms with E-state index in [-0.39, 0.29) is 42.4 Å². The minimum absolute atomic E-state index is 0.0878. The lowest BCUT2D eigenvalue weighted by atomic mass is 9.72. The Morgan fingerprint density at radius 2 is 1.62 bits per heavy atom. The number of carbonyl (C=O) groups excluding carboxylic acids is 3. The minimum Gasteiger partial charge on any atom is -0.497 e. The van der Waals surface area contributed by atoms with E-state index < -0.39 is 21.5 Å². The van der Waals surface area contributed by atoms with Crippen LogP contribution in [0.2, 0.25) is 0 Å². The lowest BCUT2D eigenvalue weighted by molar-refractivity contribution is -0.140. The third kappa shape index (κ3) is 5.50. The van der Waals surface area contributed by atoms with Crippen molar-refractivity contribution in [3.05, 3.63) is 53.1 Å². The van der Waals surface area contributed by atoms with E-state index in [2.05, 4.69) is 15.4 Å². The number of benzene rings is 2. The third-order valence-corrected chi connectivity index (χ3v) is 11.8. The summed E-state index contributed by atoms with van der Waals surface area (Å²) in [4.78, 5) is 46.4. The average molecular weight is 679 g/mol. The Kier molecular flexibility index (Phi) is 8.74. The Labute approximate surface area is 282 Å². The summed E-state index contributed by atoms with van der Waals surface area (Å²) < 4.78 is 36.2. The fraction of sp³-hybridized carbons (Fsp3) is 0.514. The number of hydrogen-bond acceptors (Lipinski definition) is 6. The largest absolute Gasteiger partial charge is 0.497 e. The van der Waals surface area contributed by atoms with Crippen molar-refractivity contribution in [3.8, 4) is 17.0 Å². The maximum absolute atomic E-state index is 14.6.